The van der Waals surface area contributed by atoms with E-state index in [4.69, 9.17) is 4.52 Å². The largest absolute Gasteiger partial charge is 0.351 e. The van der Waals surface area contributed by atoms with Crippen LogP contribution in [0, 0.1) is 0 Å². The summed E-state index contributed by atoms with van der Waals surface area (Å²) in [4.78, 5) is 12.5. The lowest BCUT2D eigenvalue weighted by Crippen LogP contribution is -2.41. The number of aromatic nitrogens is 4. The second kappa shape index (κ2) is 6.74. The quantitative estimate of drug-likeness (QED) is 0.781. The molecule has 0 aliphatic carbocycles. The van der Waals surface area contributed by atoms with Crippen LogP contribution in [0.3, 0.4) is 0 Å². The maximum Gasteiger partial charge on any atom is 0.290 e. The van der Waals surface area contributed by atoms with Crippen LogP contribution < -0.4 is 5.32 Å². The highest BCUT2D eigenvalue weighted by Gasteiger charge is 2.26. The minimum atomic E-state index is -0.229. The Morgan fingerprint density at radius 2 is 2.08 bits per heavy atom. The lowest BCUT2D eigenvalue weighted by molar-refractivity contribution is 0.0890. The summed E-state index contributed by atoms with van der Waals surface area (Å²) in [5, 5.41) is 15.6. The van der Waals surface area contributed by atoms with Gasteiger partial charge in [0.15, 0.2) is 5.82 Å². The molecule has 0 bridgehead atoms. The predicted molar refractivity (Wildman–Crippen MR) is 95.6 cm³/mol. The Hall–Kier alpha value is -2.96. The van der Waals surface area contributed by atoms with E-state index in [1.54, 1.807) is 6.07 Å². The molecule has 0 radical (unpaired) electrons. The SMILES string of the molecule is CC(C)c1cc(C(=O)N[C@H]2CCc3nnc(-c4ccccc4)n3C2)on1. The molecule has 1 atom stereocenters. The smallest absolute Gasteiger partial charge is 0.290 e. The summed E-state index contributed by atoms with van der Waals surface area (Å²) < 4.78 is 7.27. The van der Waals surface area contributed by atoms with Crippen molar-refractivity contribution in [3.05, 3.63) is 53.7 Å². The first kappa shape index (κ1) is 16.5. The summed E-state index contributed by atoms with van der Waals surface area (Å²) in [5.74, 6) is 2.04. The average molecular weight is 351 g/mol. The van der Waals surface area contributed by atoms with Gasteiger partial charge in [-0.3, -0.25) is 4.79 Å². The number of nitrogens with one attached hydrogen (secondary N) is 1. The summed E-state index contributed by atoms with van der Waals surface area (Å²) in [6.45, 7) is 4.67. The summed E-state index contributed by atoms with van der Waals surface area (Å²) in [5.41, 5.74) is 1.81. The summed E-state index contributed by atoms with van der Waals surface area (Å²) >= 11 is 0. The molecule has 1 aliphatic rings. The maximum absolute atomic E-state index is 12.5. The van der Waals surface area contributed by atoms with Crippen molar-refractivity contribution in [1.82, 2.24) is 25.2 Å². The Balaban J connectivity index is 1.50. The molecule has 1 aliphatic heterocycles. The lowest BCUT2D eigenvalue weighted by atomic mass is 10.1. The Labute approximate surface area is 151 Å². The van der Waals surface area contributed by atoms with Gasteiger partial charge in [0.1, 0.15) is 5.82 Å². The first-order valence-corrected chi connectivity index (χ1v) is 8.87. The third-order valence-corrected chi connectivity index (χ3v) is 4.66. The zero-order valence-electron chi connectivity index (χ0n) is 14.8. The van der Waals surface area contributed by atoms with Crippen LogP contribution in [0.4, 0.5) is 0 Å². The number of rotatable bonds is 4. The van der Waals surface area contributed by atoms with Crippen molar-refractivity contribution in [1.29, 1.82) is 0 Å². The van der Waals surface area contributed by atoms with Gasteiger partial charge in [0, 0.05) is 30.6 Å². The van der Waals surface area contributed by atoms with Crippen molar-refractivity contribution in [2.75, 3.05) is 0 Å². The van der Waals surface area contributed by atoms with E-state index in [1.165, 1.54) is 0 Å². The van der Waals surface area contributed by atoms with Crippen molar-refractivity contribution in [3.63, 3.8) is 0 Å². The molecule has 1 aromatic carbocycles. The van der Waals surface area contributed by atoms with Gasteiger partial charge in [0.2, 0.25) is 5.76 Å². The molecule has 3 heterocycles. The molecule has 0 spiro atoms. The van der Waals surface area contributed by atoms with Crippen LogP contribution in [-0.4, -0.2) is 31.9 Å². The fraction of sp³-hybridized carbons (Fsp3) is 0.368. The highest BCUT2D eigenvalue weighted by Crippen LogP contribution is 2.23. The third kappa shape index (κ3) is 3.12. The number of amides is 1. The van der Waals surface area contributed by atoms with E-state index in [2.05, 4.69) is 25.2 Å². The number of nitrogens with zero attached hydrogens (tertiary/aromatic N) is 4. The fourth-order valence-electron chi connectivity index (χ4n) is 3.17. The fourth-order valence-corrected chi connectivity index (χ4v) is 3.17. The molecule has 0 unspecified atom stereocenters. The van der Waals surface area contributed by atoms with Gasteiger partial charge in [-0.2, -0.15) is 0 Å². The van der Waals surface area contributed by atoms with Crippen LogP contribution in [0.2, 0.25) is 0 Å². The minimum Gasteiger partial charge on any atom is -0.351 e. The number of hydrogen-bond acceptors (Lipinski definition) is 5. The second-order valence-electron chi connectivity index (χ2n) is 6.90. The number of carbonyl (C=O) groups excluding carboxylic acids is 1. The van der Waals surface area contributed by atoms with E-state index in [9.17, 15) is 4.79 Å². The van der Waals surface area contributed by atoms with E-state index >= 15 is 0 Å². The van der Waals surface area contributed by atoms with Crippen LogP contribution >= 0.6 is 0 Å². The molecular formula is C19H21N5O2. The minimum absolute atomic E-state index is 0.000984. The molecule has 0 saturated carbocycles. The van der Waals surface area contributed by atoms with Crippen LogP contribution in [0.1, 0.15) is 48.3 Å². The van der Waals surface area contributed by atoms with E-state index in [-0.39, 0.29) is 23.6 Å². The lowest BCUT2D eigenvalue weighted by Gasteiger charge is -2.24. The molecule has 1 N–H and O–H groups in total. The van der Waals surface area contributed by atoms with Crippen molar-refractivity contribution in [3.8, 4) is 11.4 Å². The summed E-state index contributed by atoms with van der Waals surface area (Å²) in [6.07, 6.45) is 1.60. The number of carbonyl (C=O) groups is 1. The van der Waals surface area contributed by atoms with Gasteiger partial charge < -0.3 is 14.4 Å². The Kier molecular flexibility index (Phi) is 4.28. The molecule has 4 rings (SSSR count). The molecule has 0 fully saturated rings. The normalized spacial score (nSPS) is 16.5. The van der Waals surface area contributed by atoms with Gasteiger partial charge in [-0.1, -0.05) is 49.3 Å². The van der Waals surface area contributed by atoms with Gasteiger partial charge in [0.05, 0.1) is 5.69 Å². The monoisotopic (exact) mass is 351 g/mol. The first-order chi connectivity index (χ1) is 12.6. The molecular weight excluding hydrogens is 330 g/mol. The molecule has 134 valence electrons. The van der Waals surface area contributed by atoms with Crippen LogP contribution in [0.25, 0.3) is 11.4 Å². The molecule has 1 amide bonds. The molecule has 7 nitrogen and oxygen atoms in total. The summed E-state index contributed by atoms with van der Waals surface area (Å²) in [7, 11) is 0. The predicted octanol–water partition coefficient (Wildman–Crippen LogP) is 2.80. The average Bonchev–Trinajstić information content (AvgIpc) is 3.29. The van der Waals surface area contributed by atoms with Gasteiger partial charge in [0.25, 0.3) is 5.91 Å². The van der Waals surface area contributed by atoms with Crippen LogP contribution in [0.5, 0.6) is 0 Å². The third-order valence-electron chi connectivity index (χ3n) is 4.66. The topological polar surface area (TPSA) is 85.8 Å². The maximum atomic E-state index is 12.5. The Bertz CT molecular complexity index is 913. The molecule has 3 aromatic rings. The standard InChI is InChI=1S/C19H21N5O2/c1-12(2)15-10-16(26-23-15)19(25)20-14-8-9-17-21-22-18(24(17)11-14)13-6-4-3-5-7-13/h3-7,10,12,14H,8-9,11H2,1-2H3,(H,20,25)/t14-/m0/s1. The van der Waals surface area contributed by atoms with Crippen molar-refractivity contribution in [2.45, 2.75) is 45.2 Å². The Morgan fingerprint density at radius 1 is 1.27 bits per heavy atom. The molecule has 26 heavy (non-hydrogen) atoms. The number of fused-ring (bicyclic) bond motifs is 1. The number of aryl methyl sites for hydroxylation is 1. The van der Waals surface area contributed by atoms with E-state index < -0.39 is 0 Å². The number of hydrogen-bond donors (Lipinski definition) is 1. The van der Waals surface area contributed by atoms with Gasteiger partial charge in [-0.15, -0.1) is 10.2 Å². The first-order valence-electron chi connectivity index (χ1n) is 8.87. The summed E-state index contributed by atoms with van der Waals surface area (Å²) in [6, 6.07) is 11.7. The van der Waals surface area contributed by atoms with E-state index in [0.717, 1.165) is 35.7 Å². The molecule has 2 aromatic heterocycles. The molecule has 7 heteroatoms. The second-order valence-corrected chi connectivity index (χ2v) is 6.90. The van der Waals surface area contributed by atoms with Crippen LogP contribution in [0.15, 0.2) is 40.9 Å². The molecule has 0 saturated heterocycles. The van der Waals surface area contributed by atoms with E-state index in [0.29, 0.717) is 6.54 Å². The van der Waals surface area contributed by atoms with Gasteiger partial charge in [-0.25, -0.2) is 0 Å². The Morgan fingerprint density at radius 3 is 2.81 bits per heavy atom. The van der Waals surface area contributed by atoms with Gasteiger partial charge >= 0.3 is 0 Å². The van der Waals surface area contributed by atoms with Crippen LogP contribution in [-0.2, 0) is 13.0 Å². The number of benzene rings is 1. The van der Waals surface area contributed by atoms with Crippen molar-refractivity contribution in [2.24, 2.45) is 0 Å². The van der Waals surface area contributed by atoms with Gasteiger partial charge in [-0.05, 0) is 12.3 Å². The van der Waals surface area contributed by atoms with Crippen molar-refractivity contribution >= 4 is 5.91 Å². The zero-order chi connectivity index (χ0) is 18.1. The highest BCUT2D eigenvalue weighted by atomic mass is 16.5. The van der Waals surface area contributed by atoms with E-state index in [1.807, 2.05) is 44.2 Å². The zero-order valence-corrected chi connectivity index (χ0v) is 14.8. The highest BCUT2D eigenvalue weighted by molar-refractivity contribution is 5.91. The van der Waals surface area contributed by atoms with Crippen molar-refractivity contribution < 1.29 is 9.32 Å².